The molecule has 96 valence electrons. The summed E-state index contributed by atoms with van der Waals surface area (Å²) in [4.78, 5) is 14.9. The number of benzene rings is 1. The summed E-state index contributed by atoms with van der Waals surface area (Å²) in [6, 6.07) is 5.13. The molecule has 0 aliphatic rings. The Bertz CT molecular complexity index is 574. The number of oxazole rings is 1. The SMILES string of the molecule is CC(C)(CC(=O)O)C(N)c1ccc2ncoc2c1. The summed E-state index contributed by atoms with van der Waals surface area (Å²) < 4.78 is 5.22. The van der Waals surface area contributed by atoms with Crippen LogP contribution in [0.25, 0.3) is 11.1 Å². The second-order valence-electron chi connectivity index (χ2n) is 5.12. The number of nitrogens with two attached hydrogens (primary N) is 1. The van der Waals surface area contributed by atoms with E-state index in [0.717, 1.165) is 11.1 Å². The van der Waals surface area contributed by atoms with E-state index in [4.69, 9.17) is 15.3 Å². The van der Waals surface area contributed by atoms with E-state index in [1.807, 2.05) is 32.0 Å². The predicted molar refractivity (Wildman–Crippen MR) is 67.0 cm³/mol. The summed E-state index contributed by atoms with van der Waals surface area (Å²) in [6.45, 7) is 3.69. The van der Waals surface area contributed by atoms with Crippen molar-refractivity contribution in [1.29, 1.82) is 0 Å². The highest BCUT2D eigenvalue weighted by atomic mass is 16.4. The number of hydrogen-bond acceptors (Lipinski definition) is 4. The van der Waals surface area contributed by atoms with Crippen molar-refractivity contribution in [2.45, 2.75) is 26.3 Å². The summed E-state index contributed by atoms with van der Waals surface area (Å²) >= 11 is 0. The van der Waals surface area contributed by atoms with E-state index in [2.05, 4.69) is 4.98 Å². The maximum absolute atomic E-state index is 10.8. The molecule has 0 fully saturated rings. The Morgan fingerprint density at radius 1 is 1.56 bits per heavy atom. The quantitative estimate of drug-likeness (QED) is 0.866. The van der Waals surface area contributed by atoms with E-state index in [1.54, 1.807) is 0 Å². The summed E-state index contributed by atoms with van der Waals surface area (Å²) in [5.74, 6) is -0.851. The molecule has 2 aromatic rings. The number of fused-ring (bicyclic) bond motifs is 1. The third kappa shape index (κ3) is 2.36. The molecule has 3 N–H and O–H groups in total. The van der Waals surface area contributed by atoms with Gasteiger partial charge >= 0.3 is 5.97 Å². The Morgan fingerprint density at radius 2 is 2.28 bits per heavy atom. The van der Waals surface area contributed by atoms with Crippen LogP contribution in [0.4, 0.5) is 0 Å². The van der Waals surface area contributed by atoms with Gasteiger partial charge in [0.05, 0.1) is 6.42 Å². The molecular formula is C13H16N2O3. The van der Waals surface area contributed by atoms with Crippen LogP contribution in [0.1, 0.15) is 31.9 Å². The smallest absolute Gasteiger partial charge is 0.303 e. The molecule has 0 bridgehead atoms. The molecule has 5 heteroatoms. The molecule has 0 aliphatic carbocycles. The van der Waals surface area contributed by atoms with E-state index in [-0.39, 0.29) is 12.5 Å². The van der Waals surface area contributed by atoms with Gasteiger partial charge in [0.2, 0.25) is 0 Å². The van der Waals surface area contributed by atoms with Gasteiger partial charge in [0, 0.05) is 6.04 Å². The van der Waals surface area contributed by atoms with Crippen LogP contribution in [-0.2, 0) is 4.79 Å². The molecule has 1 aromatic carbocycles. The van der Waals surface area contributed by atoms with E-state index >= 15 is 0 Å². The first kappa shape index (κ1) is 12.6. The molecule has 18 heavy (non-hydrogen) atoms. The molecule has 2 rings (SSSR count). The molecule has 0 saturated heterocycles. The minimum Gasteiger partial charge on any atom is -0.481 e. The van der Waals surface area contributed by atoms with Crippen LogP contribution in [0.3, 0.4) is 0 Å². The van der Waals surface area contributed by atoms with Gasteiger partial charge in [0.15, 0.2) is 12.0 Å². The topological polar surface area (TPSA) is 89.3 Å². The average molecular weight is 248 g/mol. The van der Waals surface area contributed by atoms with Crippen LogP contribution >= 0.6 is 0 Å². The first-order valence-corrected chi connectivity index (χ1v) is 5.71. The highest BCUT2D eigenvalue weighted by Gasteiger charge is 2.30. The van der Waals surface area contributed by atoms with Gasteiger partial charge in [0.25, 0.3) is 0 Å². The Hall–Kier alpha value is -1.88. The number of carbonyl (C=O) groups is 1. The molecule has 5 nitrogen and oxygen atoms in total. The molecule has 1 unspecified atom stereocenters. The molecule has 0 amide bonds. The van der Waals surface area contributed by atoms with Crippen molar-refractivity contribution in [3.63, 3.8) is 0 Å². The predicted octanol–water partition coefficient (Wildman–Crippen LogP) is 2.33. The third-order valence-electron chi connectivity index (χ3n) is 3.16. The second kappa shape index (κ2) is 4.42. The molecule has 0 radical (unpaired) electrons. The van der Waals surface area contributed by atoms with Crippen LogP contribution in [0.15, 0.2) is 29.0 Å². The lowest BCUT2D eigenvalue weighted by atomic mass is 9.78. The van der Waals surface area contributed by atoms with Crippen LogP contribution in [0, 0.1) is 5.41 Å². The summed E-state index contributed by atoms with van der Waals surface area (Å²) in [6.07, 6.45) is 1.39. The van der Waals surface area contributed by atoms with Crippen molar-refractivity contribution < 1.29 is 14.3 Å². The summed E-state index contributed by atoms with van der Waals surface area (Å²) in [5, 5.41) is 8.90. The van der Waals surface area contributed by atoms with Crippen LogP contribution in [0.2, 0.25) is 0 Å². The van der Waals surface area contributed by atoms with E-state index in [0.29, 0.717) is 5.58 Å². The number of aromatic nitrogens is 1. The third-order valence-corrected chi connectivity index (χ3v) is 3.16. The molecule has 1 atom stereocenters. The highest BCUT2D eigenvalue weighted by molar-refractivity contribution is 5.73. The van der Waals surface area contributed by atoms with Crippen molar-refractivity contribution in [3.05, 3.63) is 30.2 Å². The van der Waals surface area contributed by atoms with Crippen molar-refractivity contribution in [3.8, 4) is 0 Å². The number of hydrogen-bond donors (Lipinski definition) is 2. The van der Waals surface area contributed by atoms with E-state index < -0.39 is 11.4 Å². The molecule has 1 heterocycles. The maximum Gasteiger partial charge on any atom is 0.303 e. The zero-order chi connectivity index (χ0) is 13.3. The van der Waals surface area contributed by atoms with Gasteiger partial charge in [-0.25, -0.2) is 4.98 Å². The van der Waals surface area contributed by atoms with Gasteiger partial charge in [-0.3, -0.25) is 4.79 Å². The molecule has 0 spiro atoms. The maximum atomic E-state index is 10.8. The van der Waals surface area contributed by atoms with Crippen LogP contribution in [-0.4, -0.2) is 16.1 Å². The Balaban J connectivity index is 2.31. The van der Waals surface area contributed by atoms with Gasteiger partial charge in [0.1, 0.15) is 5.52 Å². The minimum atomic E-state index is -0.851. The summed E-state index contributed by atoms with van der Waals surface area (Å²) in [7, 11) is 0. The Morgan fingerprint density at radius 3 is 2.94 bits per heavy atom. The molecule has 0 aliphatic heterocycles. The molecular weight excluding hydrogens is 232 g/mol. The minimum absolute atomic E-state index is 0.0165. The fourth-order valence-electron chi connectivity index (χ4n) is 2.02. The number of carboxylic acids is 1. The van der Waals surface area contributed by atoms with Crippen molar-refractivity contribution in [2.75, 3.05) is 0 Å². The van der Waals surface area contributed by atoms with Crippen molar-refractivity contribution in [2.24, 2.45) is 11.1 Å². The van der Waals surface area contributed by atoms with E-state index in [1.165, 1.54) is 6.39 Å². The standard InChI is InChI=1S/C13H16N2O3/c1-13(2,6-11(16)17)12(14)8-3-4-9-10(5-8)18-7-15-9/h3-5,7,12H,6,14H2,1-2H3,(H,16,17). The first-order valence-electron chi connectivity index (χ1n) is 5.71. The van der Waals surface area contributed by atoms with Gasteiger partial charge in [-0.2, -0.15) is 0 Å². The zero-order valence-electron chi connectivity index (χ0n) is 10.4. The number of rotatable bonds is 4. The van der Waals surface area contributed by atoms with Gasteiger partial charge < -0.3 is 15.3 Å². The van der Waals surface area contributed by atoms with Crippen molar-refractivity contribution >= 4 is 17.1 Å². The number of nitrogens with zero attached hydrogens (tertiary/aromatic N) is 1. The Kier molecular flexibility index (Phi) is 3.09. The number of carboxylic acid groups (broad SMARTS) is 1. The van der Waals surface area contributed by atoms with Gasteiger partial charge in [-0.05, 0) is 23.1 Å². The fourth-order valence-corrected chi connectivity index (χ4v) is 2.02. The normalized spacial score (nSPS) is 13.7. The molecule has 1 aromatic heterocycles. The lowest BCUT2D eigenvalue weighted by molar-refractivity contribution is -0.139. The largest absolute Gasteiger partial charge is 0.481 e. The van der Waals surface area contributed by atoms with Crippen LogP contribution in [0.5, 0.6) is 0 Å². The fraction of sp³-hybridized carbons (Fsp3) is 0.385. The van der Waals surface area contributed by atoms with Crippen molar-refractivity contribution in [1.82, 2.24) is 4.98 Å². The summed E-state index contributed by atoms with van der Waals surface area (Å²) in [5.41, 5.74) is 7.91. The lowest BCUT2D eigenvalue weighted by Gasteiger charge is -2.30. The first-order chi connectivity index (χ1) is 8.40. The van der Waals surface area contributed by atoms with E-state index in [9.17, 15) is 4.79 Å². The second-order valence-corrected chi connectivity index (χ2v) is 5.12. The molecule has 0 saturated carbocycles. The monoisotopic (exact) mass is 248 g/mol. The number of aliphatic carboxylic acids is 1. The van der Waals surface area contributed by atoms with Gasteiger partial charge in [-0.15, -0.1) is 0 Å². The lowest BCUT2D eigenvalue weighted by Crippen LogP contribution is -2.31. The van der Waals surface area contributed by atoms with Gasteiger partial charge in [-0.1, -0.05) is 19.9 Å². The highest BCUT2D eigenvalue weighted by Crippen LogP contribution is 2.35. The van der Waals surface area contributed by atoms with Crippen LogP contribution < -0.4 is 5.73 Å². The zero-order valence-corrected chi connectivity index (χ0v) is 10.4. The Labute approximate surface area is 105 Å². The average Bonchev–Trinajstić information content (AvgIpc) is 2.72.